The lowest BCUT2D eigenvalue weighted by Gasteiger charge is -2.41. The average Bonchev–Trinajstić information content (AvgIpc) is 2.74. The van der Waals surface area contributed by atoms with Gasteiger partial charge in [-0.05, 0) is 65.1 Å². The first-order chi connectivity index (χ1) is 16.4. The number of anilines is 1. The van der Waals surface area contributed by atoms with Gasteiger partial charge in [-0.2, -0.15) is 0 Å². The van der Waals surface area contributed by atoms with Gasteiger partial charge in [0.25, 0.3) is 0 Å². The van der Waals surface area contributed by atoms with Crippen molar-refractivity contribution in [1.82, 2.24) is 4.90 Å². The van der Waals surface area contributed by atoms with Crippen molar-refractivity contribution in [3.8, 4) is 0 Å². The number of hydrogen-bond donors (Lipinski definition) is 0. The molecule has 4 nitrogen and oxygen atoms in total. The lowest BCUT2D eigenvalue weighted by molar-refractivity contribution is 0.202. The first-order valence-electron chi connectivity index (χ1n) is 11.4. The van der Waals surface area contributed by atoms with Crippen molar-refractivity contribution in [2.75, 3.05) is 31.1 Å². The summed E-state index contributed by atoms with van der Waals surface area (Å²) in [7, 11) is -3.35. The Bertz CT molecular complexity index is 1230. The second-order valence-electron chi connectivity index (χ2n) is 9.00. The highest BCUT2D eigenvalue weighted by Crippen LogP contribution is 2.35. The van der Waals surface area contributed by atoms with Gasteiger partial charge in [0.2, 0.25) is 0 Å². The van der Waals surface area contributed by atoms with Crippen LogP contribution in [0.5, 0.6) is 0 Å². The number of hydrogen-bond acceptors (Lipinski definition) is 4. The molecule has 0 unspecified atom stereocenters. The van der Waals surface area contributed by atoms with Crippen LogP contribution in [0.25, 0.3) is 0 Å². The highest BCUT2D eigenvalue weighted by Gasteiger charge is 2.31. The highest BCUT2D eigenvalue weighted by atomic mass is 35.5. The van der Waals surface area contributed by atoms with Gasteiger partial charge >= 0.3 is 0 Å². The third kappa shape index (κ3) is 5.33. The van der Waals surface area contributed by atoms with Gasteiger partial charge in [-0.25, -0.2) is 8.42 Å². The molecular formula is C27H26Cl2N2O2S. The molecule has 2 aliphatic rings. The topological polar surface area (TPSA) is 40.6 Å². The molecule has 2 heterocycles. The van der Waals surface area contributed by atoms with Crippen molar-refractivity contribution in [1.29, 1.82) is 0 Å². The van der Waals surface area contributed by atoms with Crippen LogP contribution in [0, 0.1) is 0 Å². The van der Waals surface area contributed by atoms with Crippen LogP contribution in [-0.4, -0.2) is 39.5 Å². The Kier molecular flexibility index (Phi) is 6.72. The first kappa shape index (κ1) is 23.4. The zero-order chi connectivity index (χ0) is 23.7. The van der Waals surface area contributed by atoms with Crippen molar-refractivity contribution in [2.45, 2.75) is 18.2 Å². The van der Waals surface area contributed by atoms with E-state index in [2.05, 4.69) is 9.80 Å². The molecule has 2 aliphatic heterocycles. The van der Waals surface area contributed by atoms with Crippen LogP contribution in [0.4, 0.5) is 5.69 Å². The molecule has 0 bridgehead atoms. The quantitative estimate of drug-likeness (QED) is 0.383. The number of halogens is 2. The van der Waals surface area contributed by atoms with Gasteiger partial charge in [-0.3, -0.25) is 4.90 Å². The van der Waals surface area contributed by atoms with Crippen LogP contribution in [0.2, 0.25) is 10.0 Å². The SMILES string of the molecule is O=S(=O)(C=C1CN(C(c2ccc(Cl)cc2)c2ccc(Cl)cc2)C1)Cc1ccc(N2CCC2)cc1. The summed E-state index contributed by atoms with van der Waals surface area (Å²) in [6.07, 6.45) is 1.22. The molecule has 3 aromatic carbocycles. The van der Waals surface area contributed by atoms with E-state index in [-0.39, 0.29) is 11.8 Å². The van der Waals surface area contributed by atoms with E-state index in [1.54, 1.807) is 0 Å². The zero-order valence-corrected chi connectivity index (χ0v) is 21.0. The van der Waals surface area contributed by atoms with Crippen LogP contribution in [0.3, 0.4) is 0 Å². The molecule has 176 valence electrons. The molecule has 34 heavy (non-hydrogen) atoms. The lowest BCUT2D eigenvalue weighted by Crippen LogP contribution is -2.43. The summed E-state index contributed by atoms with van der Waals surface area (Å²) in [4.78, 5) is 4.55. The molecule has 5 rings (SSSR count). The van der Waals surface area contributed by atoms with Crippen LogP contribution in [-0.2, 0) is 15.6 Å². The van der Waals surface area contributed by atoms with Crippen molar-refractivity contribution >= 4 is 38.7 Å². The number of benzene rings is 3. The monoisotopic (exact) mass is 512 g/mol. The maximum absolute atomic E-state index is 12.8. The van der Waals surface area contributed by atoms with Crippen LogP contribution in [0.1, 0.15) is 29.2 Å². The molecule has 0 N–H and O–H groups in total. The van der Waals surface area contributed by atoms with Gasteiger partial charge in [-0.1, -0.05) is 59.6 Å². The molecule has 0 atom stereocenters. The molecule has 2 fully saturated rings. The summed E-state index contributed by atoms with van der Waals surface area (Å²) in [6, 6.07) is 23.5. The molecule has 0 aromatic heterocycles. The second kappa shape index (κ2) is 9.74. The number of nitrogens with zero attached hydrogens (tertiary/aromatic N) is 2. The Balaban J connectivity index is 1.29. The van der Waals surface area contributed by atoms with Gasteiger partial charge in [0.05, 0.1) is 11.8 Å². The Morgan fingerprint density at radius 3 is 1.79 bits per heavy atom. The highest BCUT2D eigenvalue weighted by molar-refractivity contribution is 7.93. The lowest BCUT2D eigenvalue weighted by atomic mass is 9.93. The Morgan fingerprint density at radius 1 is 0.794 bits per heavy atom. The van der Waals surface area contributed by atoms with Gasteiger partial charge < -0.3 is 4.90 Å². The standard InChI is InChI=1S/C27H26Cl2N2O2S/c28-24-8-4-22(5-9-24)27(23-6-10-25(29)11-7-23)31-16-21(17-31)19-34(32,33)18-20-2-12-26(13-3-20)30-14-1-15-30/h2-13,19,27H,1,14-18H2. The maximum atomic E-state index is 12.8. The summed E-state index contributed by atoms with van der Waals surface area (Å²) in [6.45, 7) is 3.35. The first-order valence-corrected chi connectivity index (χ1v) is 13.8. The molecule has 0 aliphatic carbocycles. The smallest absolute Gasteiger partial charge is 0.175 e. The molecule has 7 heteroatoms. The maximum Gasteiger partial charge on any atom is 0.175 e. The number of sulfone groups is 1. The average molecular weight is 513 g/mol. The van der Waals surface area contributed by atoms with E-state index in [1.807, 2.05) is 72.8 Å². The second-order valence-corrected chi connectivity index (χ2v) is 11.7. The molecule has 3 aromatic rings. The molecule has 0 spiro atoms. The third-order valence-corrected chi connectivity index (χ3v) is 8.35. The van der Waals surface area contributed by atoms with Gasteiger partial charge in [-0.15, -0.1) is 0 Å². The van der Waals surface area contributed by atoms with E-state index in [4.69, 9.17) is 23.2 Å². The Hall–Kier alpha value is -2.31. The predicted molar refractivity (Wildman–Crippen MR) is 140 cm³/mol. The van der Waals surface area contributed by atoms with Crippen molar-refractivity contribution < 1.29 is 8.42 Å². The van der Waals surface area contributed by atoms with E-state index in [0.717, 1.165) is 41.0 Å². The van der Waals surface area contributed by atoms with Crippen molar-refractivity contribution in [3.05, 3.63) is 111 Å². The van der Waals surface area contributed by atoms with E-state index in [1.165, 1.54) is 11.8 Å². The Morgan fingerprint density at radius 2 is 1.32 bits per heavy atom. The van der Waals surface area contributed by atoms with Crippen LogP contribution < -0.4 is 4.90 Å². The summed E-state index contributed by atoms with van der Waals surface area (Å²) in [5.41, 5.74) is 5.12. The van der Waals surface area contributed by atoms with Crippen molar-refractivity contribution in [3.63, 3.8) is 0 Å². The molecule has 0 amide bonds. The van der Waals surface area contributed by atoms with E-state index < -0.39 is 9.84 Å². The third-order valence-electron chi connectivity index (χ3n) is 6.42. The minimum Gasteiger partial charge on any atom is -0.371 e. The Labute approximate surface area is 211 Å². The molecule has 2 saturated heterocycles. The van der Waals surface area contributed by atoms with E-state index in [0.29, 0.717) is 23.1 Å². The van der Waals surface area contributed by atoms with Gasteiger partial charge in [0, 0.05) is 47.3 Å². The minimum absolute atomic E-state index is 0.00318. The zero-order valence-electron chi connectivity index (χ0n) is 18.7. The summed E-state index contributed by atoms with van der Waals surface area (Å²) >= 11 is 12.2. The fourth-order valence-corrected chi connectivity index (χ4v) is 6.19. The summed E-state index contributed by atoms with van der Waals surface area (Å²) in [5, 5.41) is 2.84. The number of rotatable bonds is 7. The predicted octanol–water partition coefficient (Wildman–Crippen LogP) is 6.11. The molecule has 0 radical (unpaired) electrons. The normalized spacial score (nSPS) is 16.3. The molecule has 0 saturated carbocycles. The van der Waals surface area contributed by atoms with Crippen molar-refractivity contribution in [2.24, 2.45) is 0 Å². The summed E-state index contributed by atoms with van der Waals surface area (Å²) < 4.78 is 25.7. The summed E-state index contributed by atoms with van der Waals surface area (Å²) in [5.74, 6) is 0.0224. The number of likely N-dealkylation sites (tertiary alicyclic amines) is 1. The minimum atomic E-state index is -3.35. The van der Waals surface area contributed by atoms with Crippen LogP contribution >= 0.6 is 23.2 Å². The largest absolute Gasteiger partial charge is 0.371 e. The fraction of sp³-hybridized carbons (Fsp3) is 0.259. The van der Waals surface area contributed by atoms with Gasteiger partial charge in [0.1, 0.15) is 0 Å². The van der Waals surface area contributed by atoms with Gasteiger partial charge in [0.15, 0.2) is 9.84 Å². The van der Waals surface area contributed by atoms with E-state index in [9.17, 15) is 8.42 Å². The fourth-order valence-electron chi connectivity index (χ4n) is 4.54. The molecular weight excluding hydrogens is 487 g/mol. The van der Waals surface area contributed by atoms with E-state index >= 15 is 0 Å². The van der Waals surface area contributed by atoms with Crippen LogP contribution in [0.15, 0.2) is 83.8 Å².